The minimum Gasteiger partial charge on any atom is -0.475 e. The van der Waals surface area contributed by atoms with Gasteiger partial charge in [0.05, 0.1) is 6.61 Å². The van der Waals surface area contributed by atoms with Crippen LogP contribution in [0.4, 0.5) is 5.95 Å². The highest BCUT2D eigenvalue weighted by atomic mass is 16.5. The monoisotopic (exact) mass is 184 g/mol. The predicted molar refractivity (Wildman–Crippen MR) is 47.2 cm³/mol. The third kappa shape index (κ3) is 2.53. The van der Waals surface area contributed by atoms with Gasteiger partial charge in [0, 0.05) is 11.8 Å². The highest BCUT2D eigenvalue weighted by Gasteiger charge is 2.02. The van der Waals surface area contributed by atoms with Gasteiger partial charge in [0.15, 0.2) is 0 Å². The van der Waals surface area contributed by atoms with E-state index in [0.29, 0.717) is 11.8 Å². The number of nitrogens with zero attached hydrogens (tertiary/aromatic N) is 2. The van der Waals surface area contributed by atoms with E-state index in [-0.39, 0.29) is 13.2 Å². The van der Waals surface area contributed by atoms with E-state index in [1.807, 2.05) is 6.92 Å². The Morgan fingerprint density at radius 3 is 3.08 bits per heavy atom. The number of aryl methyl sites for hydroxylation is 1. The molecule has 0 spiro atoms. The van der Waals surface area contributed by atoms with Crippen molar-refractivity contribution in [2.24, 2.45) is 5.84 Å². The molecule has 6 nitrogen and oxygen atoms in total. The van der Waals surface area contributed by atoms with Crippen molar-refractivity contribution in [1.29, 1.82) is 0 Å². The molecule has 0 atom stereocenters. The number of aliphatic hydroxyl groups is 1. The topological polar surface area (TPSA) is 93.3 Å². The molecule has 1 aromatic rings. The molecule has 0 saturated heterocycles. The van der Waals surface area contributed by atoms with Crippen LogP contribution in [-0.2, 0) is 0 Å². The Bertz CT molecular complexity index is 279. The molecule has 1 heterocycles. The fraction of sp³-hybridized carbons (Fsp3) is 0.429. The Morgan fingerprint density at radius 2 is 2.46 bits per heavy atom. The molecule has 0 aliphatic heterocycles. The van der Waals surface area contributed by atoms with Gasteiger partial charge in [-0.25, -0.2) is 10.8 Å². The summed E-state index contributed by atoms with van der Waals surface area (Å²) in [5, 5.41) is 8.54. The molecule has 0 bridgehead atoms. The molecule has 0 radical (unpaired) electrons. The normalized spacial score (nSPS) is 9.77. The zero-order chi connectivity index (χ0) is 9.68. The zero-order valence-corrected chi connectivity index (χ0v) is 7.32. The lowest BCUT2D eigenvalue weighted by molar-refractivity contribution is 0.196. The molecule has 0 unspecified atom stereocenters. The molecule has 0 aliphatic rings. The summed E-state index contributed by atoms with van der Waals surface area (Å²) >= 11 is 0. The Balaban J connectivity index is 2.78. The molecular weight excluding hydrogens is 172 g/mol. The van der Waals surface area contributed by atoms with E-state index < -0.39 is 0 Å². The summed E-state index contributed by atoms with van der Waals surface area (Å²) in [6.45, 7) is 1.98. The second-order valence-electron chi connectivity index (χ2n) is 2.40. The van der Waals surface area contributed by atoms with Crippen molar-refractivity contribution in [3.63, 3.8) is 0 Å². The van der Waals surface area contributed by atoms with E-state index in [2.05, 4.69) is 15.4 Å². The Kier molecular flexibility index (Phi) is 3.41. The van der Waals surface area contributed by atoms with Crippen LogP contribution in [0.25, 0.3) is 0 Å². The second-order valence-corrected chi connectivity index (χ2v) is 2.40. The number of hydrogen-bond donors (Lipinski definition) is 3. The van der Waals surface area contributed by atoms with E-state index in [9.17, 15) is 0 Å². The molecular formula is C7H12N4O2. The molecule has 0 saturated carbocycles. The number of anilines is 1. The van der Waals surface area contributed by atoms with Gasteiger partial charge in [-0.3, -0.25) is 5.43 Å². The van der Waals surface area contributed by atoms with Gasteiger partial charge in [-0.05, 0) is 6.92 Å². The lowest BCUT2D eigenvalue weighted by Gasteiger charge is -2.06. The summed E-state index contributed by atoms with van der Waals surface area (Å²) in [5.41, 5.74) is 3.10. The maximum Gasteiger partial charge on any atom is 0.240 e. The first-order valence-corrected chi connectivity index (χ1v) is 3.82. The van der Waals surface area contributed by atoms with E-state index in [1.54, 1.807) is 6.20 Å². The van der Waals surface area contributed by atoms with Crippen molar-refractivity contribution < 1.29 is 9.84 Å². The van der Waals surface area contributed by atoms with Crippen LogP contribution in [0.5, 0.6) is 5.88 Å². The fourth-order valence-corrected chi connectivity index (χ4v) is 0.784. The number of hydrogen-bond acceptors (Lipinski definition) is 6. The third-order valence-electron chi connectivity index (χ3n) is 1.38. The number of rotatable bonds is 4. The lowest BCUT2D eigenvalue weighted by atomic mass is 10.4. The summed E-state index contributed by atoms with van der Waals surface area (Å²) in [5.74, 6) is 5.84. The largest absolute Gasteiger partial charge is 0.475 e. The number of ether oxygens (including phenoxy) is 1. The molecule has 1 aromatic heterocycles. The number of nitrogens with two attached hydrogens (primary N) is 1. The maximum absolute atomic E-state index is 8.54. The molecule has 0 aliphatic carbocycles. The molecule has 4 N–H and O–H groups in total. The van der Waals surface area contributed by atoms with Crippen LogP contribution in [0.1, 0.15) is 5.56 Å². The SMILES string of the molecule is Cc1cnc(NN)nc1OCCO. The Labute approximate surface area is 75.7 Å². The molecule has 1 rings (SSSR count). The molecule has 0 amide bonds. The van der Waals surface area contributed by atoms with E-state index >= 15 is 0 Å². The molecule has 72 valence electrons. The average molecular weight is 184 g/mol. The van der Waals surface area contributed by atoms with E-state index in [0.717, 1.165) is 5.56 Å². The summed E-state index contributed by atoms with van der Waals surface area (Å²) in [4.78, 5) is 7.82. The van der Waals surface area contributed by atoms with Crippen LogP contribution < -0.4 is 16.0 Å². The van der Waals surface area contributed by atoms with Crippen LogP contribution >= 0.6 is 0 Å². The first-order valence-electron chi connectivity index (χ1n) is 3.82. The standard InChI is InChI=1S/C7H12N4O2/c1-5-4-9-7(11-8)10-6(5)13-3-2-12/h4,12H,2-3,8H2,1H3,(H,9,10,11). The quantitative estimate of drug-likeness (QED) is 0.429. The van der Waals surface area contributed by atoms with Gasteiger partial charge in [0.25, 0.3) is 0 Å². The van der Waals surface area contributed by atoms with Gasteiger partial charge in [0.2, 0.25) is 11.8 Å². The minimum absolute atomic E-state index is 0.0468. The number of nitrogens with one attached hydrogen (secondary N) is 1. The van der Waals surface area contributed by atoms with Crippen LogP contribution in [0, 0.1) is 6.92 Å². The van der Waals surface area contributed by atoms with Crippen molar-refractivity contribution in [2.75, 3.05) is 18.6 Å². The molecule has 6 heteroatoms. The zero-order valence-electron chi connectivity index (χ0n) is 7.32. The van der Waals surface area contributed by atoms with Crippen molar-refractivity contribution in [2.45, 2.75) is 6.92 Å². The summed E-state index contributed by atoms with van der Waals surface area (Å²) in [6.07, 6.45) is 1.59. The molecule has 0 aromatic carbocycles. The van der Waals surface area contributed by atoms with Gasteiger partial charge in [-0.2, -0.15) is 4.98 Å². The highest BCUT2D eigenvalue weighted by Crippen LogP contribution is 2.14. The Morgan fingerprint density at radius 1 is 1.69 bits per heavy atom. The van der Waals surface area contributed by atoms with E-state index in [4.69, 9.17) is 15.7 Å². The maximum atomic E-state index is 8.54. The number of aliphatic hydroxyl groups excluding tert-OH is 1. The average Bonchev–Trinajstić information content (AvgIpc) is 2.17. The minimum atomic E-state index is -0.0468. The first kappa shape index (κ1) is 9.69. The van der Waals surface area contributed by atoms with Gasteiger partial charge >= 0.3 is 0 Å². The highest BCUT2D eigenvalue weighted by molar-refractivity contribution is 5.31. The van der Waals surface area contributed by atoms with E-state index in [1.165, 1.54) is 0 Å². The summed E-state index contributed by atoms with van der Waals surface area (Å²) in [6, 6.07) is 0. The first-order chi connectivity index (χ1) is 6.27. The molecule has 0 fully saturated rings. The van der Waals surface area contributed by atoms with Gasteiger partial charge in [0.1, 0.15) is 6.61 Å². The third-order valence-corrected chi connectivity index (χ3v) is 1.38. The van der Waals surface area contributed by atoms with Crippen LogP contribution in [0.15, 0.2) is 6.20 Å². The van der Waals surface area contributed by atoms with Crippen molar-refractivity contribution >= 4 is 5.95 Å². The summed E-state index contributed by atoms with van der Waals surface area (Å²) in [7, 11) is 0. The second kappa shape index (κ2) is 4.58. The van der Waals surface area contributed by atoms with Gasteiger partial charge in [-0.15, -0.1) is 0 Å². The van der Waals surface area contributed by atoms with Gasteiger partial charge < -0.3 is 9.84 Å². The lowest BCUT2D eigenvalue weighted by Crippen LogP contribution is -2.12. The predicted octanol–water partition coefficient (Wildman–Crippen LogP) is -0.558. The number of hydrazine groups is 1. The number of nitrogen functional groups attached to an aromatic ring is 1. The van der Waals surface area contributed by atoms with Crippen LogP contribution in [-0.4, -0.2) is 28.3 Å². The van der Waals surface area contributed by atoms with Crippen molar-refractivity contribution in [3.8, 4) is 5.88 Å². The van der Waals surface area contributed by atoms with Crippen LogP contribution in [0.2, 0.25) is 0 Å². The van der Waals surface area contributed by atoms with Crippen molar-refractivity contribution in [1.82, 2.24) is 9.97 Å². The molecule has 13 heavy (non-hydrogen) atoms. The smallest absolute Gasteiger partial charge is 0.240 e. The Hall–Kier alpha value is -1.40. The van der Waals surface area contributed by atoms with Gasteiger partial charge in [-0.1, -0.05) is 0 Å². The number of aromatic nitrogens is 2. The van der Waals surface area contributed by atoms with Crippen molar-refractivity contribution in [3.05, 3.63) is 11.8 Å². The summed E-state index contributed by atoms with van der Waals surface area (Å²) < 4.78 is 5.13. The fourth-order valence-electron chi connectivity index (χ4n) is 0.784. The van der Waals surface area contributed by atoms with Crippen LogP contribution in [0.3, 0.4) is 0 Å².